The summed E-state index contributed by atoms with van der Waals surface area (Å²) in [5.41, 5.74) is 2.74. The van der Waals surface area contributed by atoms with Gasteiger partial charge in [-0.05, 0) is 43.2 Å². The molecule has 18 heavy (non-hydrogen) atoms. The summed E-state index contributed by atoms with van der Waals surface area (Å²) in [6.07, 6.45) is 3.43. The summed E-state index contributed by atoms with van der Waals surface area (Å²) in [6.45, 7) is 3.67. The van der Waals surface area contributed by atoms with Gasteiger partial charge in [0.05, 0.1) is 5.56 Å². The van der Waals surface area contributed by atoms with Crippen LogP contribution >= 0.6 is 0 Å². The number of carboxylic acids is 1. The number of hydrogen-bond donors (Lipinski definition) is 2. The first kappa shape index (κ1) is 12.0. The quantitative estimate of drug-likeness (QED) is 0.866. The summed E-state index contributed by atoms with van der Waals surface area (Å²) in [5.74, 6) is -0.436. The number of rotatable bonds is 3. The number of hydrogen-bond acceptors (Lipinski definition) is 4. The zero-order valence-electron chi connectivity index (χ0n) is 10.1. The van der Waals surface area contributed by atoms with E-state index in [4.69, 9.17) is 5.11 Å². The summed E-state index contributed by atoms with van der Waals surface area (Å²) >= 11 is 0. The minimum atomic E-state index is -0.925. The Morgan fingerprint density at radius 1 is 1.22 bits per heavy atom. The Morgan fingerprint density at radius 2 is 1.89 bits per heavy atom. The topological polar surface area (TPSA) is 75.1 Å². The molecule has 2 aromatic rings. The van der Waals surface area contributed by atoms with Gasteiger partial charge in [0.2, 0.25) is 5.95 Å². The third-order valence-electron chi connectivity index (χ3n) is 2.49. The van der Waals surface area contributed by atoms with Gasteiger partial charge in [0, 0.05) is 18.1 Å². The van der Waals surface area contributed by atoms with Crippen LogP contribution in [0.1, 0.15) is 21.5 Å². The summed E-state index contributed by atoms with van der Waals surface area (Å²) in [6, 6.07) is 5.01. The van der Waals surface area contributed by atoms with Gasteiger partial charge < -0.3 is 10.4 Å². The monoisotopic (exact) mass is 243 g/mol. The van der Waals surface area contributed by atoms with Gasteiger partial charge in [-0.1, -0.05) is 0 Å². The Balaban J connectivity index is 2.22. The first-order valence-corrected chi connectivity index (χ1v) is 5.46. The molecule has 1 aromatic heterocycles. The van der Waals surface area contributed by atoms with Crippen LogP contribution in [0.15, 0.2) is 30.6 Å². The van der Waals surface area contributed by atoms with Crippen LogP contribution in [-0.4, -0.2) is 21.0 Å². The molecule has 2 rings (SSSR count). The largest absolute Gasteiger partial charge is 0.478 e. The van der Waals surface area contributed by atoms with Gasteiger partial charge in [-0.15, -0.1) is 0 Å². The Kier molecular flexibility index (Phi) is 3.23. The molecule has 92 valence electrons. The third-order valence-corrected chi connectivity index (χ3v) is 2.49. The predicted octanol–water partition coefficient (Wildman–Crippen LogP) is 2.54. The summed E-state index contributed by atoms with van der Waals surface area (Å²) in [5, 5.41) is 12.0. The van der Waals surface area contributed by atoms with Gasteiger partial charge >= 0.3 is 5.97 Å². The lowest BCUT2D eigenvalue weighted by Crippen LogP contribution is -2.01. The standard InChI is InChI=1S/C13H13N3O2/c1-8-6-14-13(15-7-8)16-10-3-4-11(12(17)18)9(2)5-10/h3-7H,1-2H3,(H,17,18)(H,14,15,16). The van der Waals surface area contributed by atoms with Gasteiger partial charge in [0.15, 0.2) is 0 Å². The van der Waals surface area contributed by atoms with Crippen molar-refractivity contribution in [3.8, 4) is 0 Å². The molecule has 0 spiro atoms. The molecule has 0 saturated carbocycles. The maximum absolute atomic E-state index is 10.9. The van der Waals surface area contributed by atoms with Crippen molar-refractivity contribution in [3.05, 3.63) is 47.3 Å². The van der Waals surface area contributed by atoms with E-state index in [2.05, 4.69) is 15.3 Å². The van der Waals surface area contributed by atoms with E-state index in [0.717, 1.165) is 11.3 Å². The molecular formula is C13H13N3O2. The number of aromatic carboxylic acids is 1. The highest BCUT2D eigenvalue weighted by atomic mass is 16.4. The third kappa shape index (κ3) is 2.63. The van der Waals surface area contributed by atoms with E-state index in [-0.39, 0.29) is 0 Å². The number of aromatic nitrogens is 2. The Morgan fingerprint density at radius 3 is 2.44 bits per heavy atom. The van der Waals surface area contributed by atoms with E-state index in [1.54, 1.807) is 37.5 Å². The number of aryl methyl sites for hydroxylation is 2. The lowest BCUT2D eigenvalue weighted by Gasteiger charge is -2.07. The van der Waals surface area contributed by atoms with Crippen LogP contribution in [0.5, 0.6) is 0 Å². The summed E-state index contributed by atoms with van der Waals surface area (Å²) in [4.78, 5) is 19.1. The number of carbonyl (C=O) groups is 1. The minimum absolute atomic E-state index is 0.297. The van der Waals surface area contributed by atoms with Crippen LogP contribution in [0.3, 0.4) is 0 Å². The van der Waals surface area contributed by atoms with Crippen molar-refractivity contribution in [1.29, 1.82) is 0 Å². The fraction of sp³-hybridized carbons (Fsp3) is 0.154. The van der Waals surface area contributed by atoms with E-state index in [9.17, 15) is 4.79 Å². The van der Waals surface area contributed by atoms with Gasteiger partial charge in [-0.2, -0.15) is 0 Å². The van der Waals surface area contributed by atoms with Crippen molar-refractivity contribution < 1.29 is 9.90 Å². The molecule has 0 aliphatic carbocycles. The van der Waals surface area contributed by atoms with Crippen LogP contribution < -0.4 is 5.32 Å². The molecule has 0 unspecified atom stereocenters. The SMILES string of the molecule is Cc1cnc(Nc2ccc(C(=O)O)c(C)c2)nc1. The first-order valence-electron chi connectivity index (χ1n) is 5.46. The normalized spacial score (nSPS) is 10.1. The first-order chi connectivity index (χ1) is 8.56. The molecule has 0 atom stereocenters. The maximum atomic E-state index is 10.9. The Bertz CT molecular complexity index is 579. The lowest BCUT2D eigenvalue weighted by molar-refractivity contribution is 0.0696. The highest BCUT2D eigenvalue weighted by Crippen LogP contribution is 2.17. The average Bonchev–Trinajstić information content (AvgIpc) is 2.32. The van der Waals surface area contributed by atoms with Crippen LogP contribution in [0.25, 0.3) is 0 Å². The summed E-state index contributed by atoms with van der Waals surface area (Å²) < 4.78 is 0. The fourth-order valence-electron chi connectivity index (χ4n) is 1.57. The van der Waals surface area contributed by atoms with Gasteiger partial charge in [-0.25, -0.2) is 14.8 Å². The van der Waals surface area contributed by atoms with Crippen molar-refractivity contribution in [1.82, 2.24) is 9.97 Å². The van der Waals surface area contributed by atoms with E-state index in [1.165, 1.54) is 0 Å². The lowest BCUT2D eigenvalue weighted by atomic mass is 10.1. The number of nitrogens with zero attached hydrogens (tertiary/aromatic N) is 2. The zero-order chi connectivity index (χ0) is 13.1. The molecule has 5 heteroatoms. The second-order valence-electron chi connectivity index (χ2n) is 4.04. The number of benzene rings is 1. The van der Waals surface area contributed by atoms with Crippen molar-refractivity contribution in [2.45, 2.75) is 13.8 Å². The highest BCUT2D eigenvalue weighted by molar-refractivity contribution is 5.90. The van der Waals surface area contributed by atoms with Gasteiger partial charge in [0.1, 0.15) is 0 Å². The molecule has 5 nitrogen and oxygen atoms in total. The second-order valence-corrected chi connectivity index (χ2v) is 4.04. The molecule has 2 N–H and O–H groups in total. The highest BCUT2D eigenvalue weighted by Gasteiger charge is 2.07. The second kappa shape index (κ2) is 4.83. The van der Waals surface area contributed by atoms with Crippen molar-refractivity contribution in [2.24, 2.45) is 0 Å². The summed E-state index contributed by atoms with van der Waals surface area (Å²) in [7, 11) is 0. The zero-order valence-corrected chi connectivity index (χ0v) is 10.1. The molecule has 0 bridgehead atoms. The average molecular weight is 243 g/mol. The molecule has 1 heterocycles. The predicted molar refractivity (Wildman–Crippen MR) is 68.2 cm³/mol. The van der Waals surface area contributed by atoms with E-state index >= 15 is 0 Å². The van der Waals surface area contributed by atoms with Gasteiger partial charge in [-0.3, -0.25) is 0 Å². The number of anilines is 2. The molecule has 0 aliphatic rings. The van der Waals surface area contributed by atoms with Crippen LogP contribution in [0.2, 0.25) is 0 Å². The van der Waals surface area contributed by atoms with Crippen molar-refractivity contribution in [2.75, 3.05) is 5.32 Å². The van der Waals surface area contributed by atoms with Gasteiger partial charge in [0.25, 0.3) is 0 Å². The Hall–Kier alpha value is -2.43. The van der Waals surface area contributed by atoms with Crippen molar-refractivity contribution in [3.63, 3.8) is 0 Å². The minimum Gasteiger partial charge on any atom is -0.478 e. The van der Waals surface area contributed by atoms with Crippen LogP contribution in [0, 0.1) is 13.8 Å². The van der Waals surface area contributed by atoms with E-state index < -0.39 is 5.97 Å². The smallest absolute Gasteiger partial charge is 0.335 e. The van der Waals surface area contributed by atoms with E-state index in [0.29, 0.717) is 17.1 Å². The fourth-order valence-corrected chi connectivity index (χ4v) is 1.57. The number of nitrogens with one attached hydrogen (secondary N) is 1. The number of carboxylic acid groups (broad SMARTS) is 1. The van der Waals surface area contributed by atoms with Crippen molar-refractivity contribution >= 4 is 17.6 Å². The van der Waals surface area contributed by atoms with Crippen LogP contribution in [-0.2, 0) is 0 Å². The van der Waals surface area contributed by atoms with E-state index in [1.807, 2.05) is 6.92 Å². The maximum Gasteiger partial charge on any atom is 0.335 e. The molecule has 0 radical (unpaired) electrons. The molecule has 0 fully saturated rings. The molecule has 0 saturated heterocycles. The molecule has 0 amide bonds. The molecular weight excluding hydrogens is 230 g/mol. The Labute approximate surface area is 105 Å². The van der Waals surface area contributed by atoms with Crippen LogP contribution in [0.4, 0.5) is 11.6 Å². The molecule has 1 aromatic carbocycles. The molecule has 0 aliphatic heterocycles.